The maximum absolute atomic E-state index is 13.3. The zero-order chi connectivity index (χ0) is 23.6. The van der Waals surface area contributed by atoms with Gasteiger partial charge in [0.15, 0.2) is 5.13 Å². The molecule has 2 atom stereocenters. The Morgan fingerprint density at radius 1 is 1.21 bits per heavy atom. The predicted molar refractivity (Wildman–Crippen MR) is 134 cm³/mol. The molecule has 2 aliphatic rings. The van der Waals surface area contributed by atoms with E-state index in [0.717, 1.165) is 20.9 Å². The van der Waals surface area contributed by atoms with Crippen molar-refractivity contribution in [3.8, 4) is 5.75 Å². The van der Waals surface area contributed by atoms with Gasteiger partial charge in [-0.3, -0.25) is 14.5 Å². The zero-order valence-electron chi connectivity index (χ0n) is 17.8. The predicted octanol–water partition coefficient (Wildman–Crippen LogP) is 5.96. The van der Waals surface area contributed by atoms with Crippen LogP contribution in [0.3, 0.4) is 0 Å². The number of thiazole rings is 1. The minimum absolute atomic E-state index is 0.0524. The SMILES string of the molecule is C[C@H]1Cc2cc(/C(O)=C3\C(=O)C(=O)N(c4nc5ccc(Cl)cc5s4)[C@@H]3c3cccs3)ccc2O1. The van der Waals surface area contributed by atoms with Gasteiger partial charge in [-0.15, -0.1) is 11.3 Å². The third-order valence-corrected chi connectivity index (χ3v) is 8.15. The molecular weight excluding hydrogens is 492 g/mol. The van der Waals surface area contributed by atoms with Gasteiger partial charge in [-0.25, -0.2) is 4.98 Å². The third kappa shape index (κ3) is 3.33. The molecule has 2 aromatic carbocycles. The molecule has 0 aliphatic carbocycles. The molecule has 6 nitrogen and oxygen atoms in total. The summed E-state index contributed by atoms with van der Waals surface area (Å²) < 4.78 is 6.56. The van der Waals surface area contributed by atoms with E-state index < -0.39 is 17.7 Å². The topological polar surface area (TPSA) is 79.7 Å². The Morgan fingerprint density at radius 3 is 2.85 bits per heavy atom. The summed E-state index contributed by atoms with van der Waals surface area (Å²) in [5, 5.41) is 14.1. The lowest BCUT2D eigenvalue weighted by Crippen LogP contribution is -2.28. The third-order valence-electron chi connectivity index (χ3n) is 5.97. The maximum Gasteiger partial charge on any atom is 0.301 e. The van der Waals surface area contributed by atoms with Crippen LogP contribution in [0.2, 0.25) is 5.02 Å². The Balaban J connectivity index is 1.51. The fourth-order valence-electron chi connectivity index (χ4n) is 4.46. The van der Waals surface area contributed by atoms with Crippen molar-refractivity contribution in [3.05, 3.63) is 80.5 Å². The van der Waals surface area contributed by atoms with Crippen LogP contribution in [0, 0.1) is 0 Å². The summed E-state index contributed by atoms with van der Waals surface area (Å²) in [6.45, 7) is 1.98. The Kier molecular flexibility index (Phi) is 4.98. The monoisotopic (exact) mass is 508 g/mol. The molecule has 2 aromatic heterocycles. The fourth-order valence-corrected chi connectivity index (χ4v) is 6.55. The highest BCUT2D eigenvalue weighted by Gasteiger charge is 2.48. The molecule has 9 heteroatoms. The van der Waals surface area contributed by atoms with E-state index in [1.165, 1.54) is 27.6 Å². The number of anilines is 1. The van der Waals surface area contributed by atoms with Gasteiger partial charge in [0.25, 0.3) is 5.78 Å². The molecule has 0 spiro atoms. The van der Waals surface area contributed by atoms with Crippen molar-refractivity contribution in [2.24, 2.45) is 0 Å². The highest BCUT2D eigenvalue weighted by Crippen LogP contribution is 2.46. The summed E-state index contributed by atoms with van der Waals surface area (Å²) in [6, 6.07) is 13.6. The second kappa shape index (κ2) is 7.94. The minimum Gasteiger partial charge on any atom is -0.507 e. The normalized spacial score (nSPS) is 21.3. The van der Waals surface area contributed by atoms with E-state index in [0.29, 0.717) is 27.7 Å². The first-order valence-corrected chi connectivity index (χ1v) is 12.7. The number of ketones is 1. The number of nitrogens with zero attached hydrogens (tertiary/aromatic N) is 2. The highest BCUT2D eigenvalue weighted by atomic mass is 35.5. The van der Waals surface area contributed by atoms with Crippen LogP contribution in [0.4, 0.5) is 5.13 Å². The standard InChI is InChI=1S/C25H17ClN2O4S2/c1-12-9-14-10-13(4-7-17(14)32-12)22(29)20-21(18-3-2-8-33-18)28(24(31)23(20)30)25-27-16-6-5-15(26)11-19(16)34-25/h2-8,10-12,21,29H,9H2,1H3/b22-20+/t12-,21+/m0/s1. The van der Waals surface area contributed by atoms with E-state index in [2.05, 4.69) is 4.98 Å². The number of aliphatic hydroxyl groups excluding tert-OH is 1. The van der Waals surface area contributed by atoms with Crippen LogP contribution in [0.25, 0.3) is 16.0 Å². The average Bonchev–Trinajstić information content (AvgIpc) is 3.58. The van der Waals surface area contributed by atoms with Gasteiger partial charge in [0.2, 0.25) is 0 Å². The van der Waals surface area contributed by atoms with Crippen molar-refractivity contribution in [2.45, 2.75) is 25.5 Å². The molecule has 4 aromatic rings. The highest BCUT2D eigenvalue weighted by molar-refractivity contribution is 7.22. The number of aliphatic hydroxyl groups is 1. The number of carbonyl (C=O) groups is 2. The lowest BCUT2D eigenvalue weighted by molar-refractivity contribution is -0.132. The van der Waals surface area contributed by atoms with Crippen LogP contribution in [0.1, 0.15) is 29.0 Å². The number of aromatic nitrogens is 1. The second-order valence-electron chi connectivity index (χ2n) is 8.25. The average molecular weight is 509 g/mol. The summed E-state index contributed by atoms with van der Waals surface area (Å²) in [7, 11) is 0. The number of halogens is 1. The molecule has 0 bridgehead atoms. The van der Waals surface area contributed by atoms with E-state index in [9.17, 15) is 14.7 Å². The largest absolute Gasteiger partial charge is 0.507 e. The zero-order valence-corrected chi connectivity index (χ0v) is 20.2. The van der Waals surface area contributed by atoms with Crippen molar-refractivity contribution < 1.29 is 19.4 Å². The van der Waals surface area contributed by atoms with Crippen molar-refractivity contribution in [2.75, 3.05) is 4.90 Å². The molecule has 6 rings (SSSR count). The Morgan fingerprint density at radius 2 is 2.06 bits per heavy atom. The first kappa shape index (κ1) is 21.3. The van der Waals surface area contributed by atoms with Gasteiger partial charge in [0, 0.05) is 21.9 Å². The molecule has 1 fully saturated rings. The van der Waals surface area contributed by atoms with Crippen LogP contribution in [0.5, 0.6) is 5.75 Å². The molecule has 1 saturated heterocycles. The number of ether oxygens (including phenoxy) is 1. The van der Waals surface area contributed by atoms with Crippen LogP contribution >= 0.6 is 34.3 Å². The van der Waals surface area contributed by atoms with E-state index in [4.69, 9.17) is 16.3 Å². The van der Waals surface area contributed by atoms with E-state index in [1.807, 2.05) is 30.5 Å². The molecule has 0 saturated carbocycles. The van der Waals surface area contributed by atoms with Crippen molar-refractivity contribution in [3.63, 3.8) is 0 Å². The van der Waals surface area contributed by atoms with Gasteiger partial charge in [0.05, 0.1) is 15.8 Å². The summed E-state index contributed by atoms with van der Waals surface area (Å²) in [4.78, 5) is 33.3. The van der Waals surface area contributed by atoms with Crippen molar-refractivity contribution >= 4 is 67.1 Å². The van der Waals surface area contributed by atoms with Gasteiger partial charge in [0.1, 0.15) is 23.7 Å². The molecule has 170 valence electrons. The van der Waals surface area contributed by atoms with Gasteiger partial charge >= 0.3 is 5.91 Å². The number of Topliss-reactive ketones (excluding diaryl/α,β-unsaturated/α-hetero) is 1. The van der Waals surface area contributed by atoms with Crippen LogP contribution < -0.4 is 9.64 Å². The number of hydrogen-bond donors (Lipinski definition) is 1. The minimum atomic E-state index is -0.778. The lowest BCUT2D eigenvalue weighted by Gasteiger charge is -2.21. The lowest BCUT2D eigenvalue weighted by atomic mass is 9.98. The molecule has 4 heterocycles. The van der Waals surface area contributed by atoms with Crippen LogP contribution in [-0.2, 0) is 16.0 Å². The summed E-state index contributed by atoms with van der Waals surface area (Å²) in [5.41, 5.74) is 2.18. The first-order chi connectivity index (χ1) is 16.4. The van der Waals surface area contributed by atoms with Crippen LogP contribution in [0.15, 0.2) is 59.5 Å². The Hall–Kier alpha value is -3.20. The summed E-state index contributed by atoms with van der Waals surface area (Å²) in [5.74, 6) is -0.889. The van der Waals surface area contributed by atoms with Gasteiger partial charge in [-0.2, -0.15) is 0 Å². The maximum atomic E-state index is 13.3. The molecule has 1 amide bonds. The van der Waals surface area contributed by atoms with Crippen LogP contribution in [-0.4, -0.2) is 27.9 Å². The number of benzene rings is 2. The molecule has 0 unspecified atom stereocenters. The number of amides is 1. The second-order valence-corrected chi connectivity index (χ2v) is 10.7. The quantitative estimate of drug-likeness (QED) is 0.210. The van der Waals surface area contributed by atoms with Crippen molar-refractivity contribution in [1.29, 1.82) is 0 Å². The summed E-state index contributed by atoms with van der Waals surface area (Å²) in [6.07, 6.45) is 0.768. The number of carbonyl (C=O) groups excluding carboxylic acids is 2. The molecular formula is C25H17ClN2O4S2. The van der Waals surface area contributed by atoms with Gasteiger partial charge in [-0.1, -0.05) is 29.0 Å². The van der Waals surface area contributed by atoms with Crippen molar-refractivity contribution in [1.82, 2.24) is 4.98 Å². The number of thiophene rings is 1. The number of hydrogen-bond acceptors (Lipinski definition) is 7. The number of rotatable bonds is 3. The smallest absolute Gasteiger partial charge is 0.301 e. The Labute approximate surface area is 207 Å². The van der Waals surface area contributed by atoms with E-state index in [-0.39, 0.29) is 17.4 Å². The Bertz CT molecular complexity index is 1510. The van der Waals surface area contributed by atoms with E-state index >= 15 is 0 Å². The molecule has 0 radical (unpaired) electrons. The molecule has 2 aliphatic heterocycles. The van der Waals surface area contributed by atoms with E-state index in [1.54, 1.807) is 30.3 Å². The first-order valence-electron chi connectivity index (χ1n) is 10.6. The fraction of sp³-hybridized carbons (Fsp3) is 0.160. The molecule has 34 heavy (non-hydrogen) atoms. The molecule has 1 N–H and O–H groups in total. The summed E-state index contributed by atoms with van der Waals surface area (Å²) >= 11 is 8.82. The number of fused-ring (bicyclic) bond motifs is 2. The van der Waals surface area contributed by atoms with Gasteiger partial charge < -0.3 is 9.84 Å². The van der Waals surface area contributed by atoms with Gasteiger partial charge in [-0.05, 0) is 60.3 Å².